The van der Waals surface area contributed by atoms with Crippen LogP contribution in [-0.2, 0) is 9.59 Å². The fourth-order valence-corrected chi connectivity index (χ4v) is 3.07. The van der Waals surface area contributed by atoms with Crippen molar-refractivity contribution in [2.24, 2.45) is 5.10 Å². The van der Waals surface area contributed by atoms with Crippen LogP contribution in [0, 0.1) is 20.8 Å². The van der Waals surface area contributed by atoms with Gasteiger partial charge in [-0.15, -0.1) is 0 Å². The Morgan fingerprint density at radius 3 is 2.44 bits per heavy atom. The number of aryl methyl sites for hydroxylation is 2. The maximum Gasteiger partial charge on any atom is 0.329 e. The number of halogens is 1. The predicted molar refractivity (Wildman–Crippen MR) is 109 cm³/mol. The minimum absolute atomic E-state index is 0.479. The van der Waals surface area contributed by atoms with Crippen LogP contribution in [-0.4, -0.2) is 40.6 Å². The third-order valence-electron chi connectivity index (χ3n) is 4.50. The quantitative estimate of drug-likeness (QED) is 0.484. The lowest BCUT2D eigenvalue weighted by molar-refractivity contribution is -0.145. The van der Waals surface area contributed by atoms with Crippen molar-refractivity contribution in [3.05, 3.63) is 51.8 Å². The zero-order valence-corrected chi connectivity index (χ0v) is 17.1. The lowest BCUT2D eigenvalue weighted by atomic mass is 10.2. The molecule has 0 spiro atoms. The van der Waals surface area contributed by atoms with Gasteiger partial charge in [0.25, 0.3) is 0 Å². The second-order valence-electron chi connectivity index (χ2n) is 6.27. The van der Waals surface area contributed by atoms with Crippen LogP contribution in [0.3, 0.4) is 0 Å². The van der Waals surface area contributed by atoms with Gasteiger partial charge in [0.05, 0.1) is 6.21 Å². The summed E-state index contributed by atoms with van der Waals surface area (Å²) >= 11 is 6.25. The summed E-state index contributed by atoms with van der Waals surface area (Å²) in [6, 6.07) is 7.86. The molecular formula is C20H25ClN4O2. The Morgan fingerprint density at radius 2 is 1.85 bits per heavy atom. The van der Waals surface area contributed by atoms with E-state index in [0.29, 0.717) is 18.1 Å². The normalized spacial score (nSPS) is 11.0. The van der Waals surface area contributed by atoms with Gasteiger partial charge in [-0.2, -0.15) is 5.10 Å². The monoisotopic (exact) mass is 388 g/mol. The van der Waals surface area contributed by atoms with Gasteiger partial charge in [0.1, 0.15) is 0 Å². The first-order valence-corrected chi connectivity index (χ1v) is 9.25. The highest BCUT2D eigenvalue weighted by Gasteiger charge is 2.18. The van der Waals surface area contributed by atoms with Crippen LogP contribution < -0.4 is 5.43 Å². The molecule has 0 saturated heterocycles. The number of aromatic nitrogens is 1. The summed E-state index contributed by atoms with van der Waals surface area (Å²) in [7, 11) is 0. The maximum absolute atomic E-state index is 11.9. The van der Waals surface area contributed by atoms with E-state index in [1.165, 1.54) is 4.90 Å². The zero-order valence-electron chi connectivity index (χ0n) is 16.3. The van der Waals surface area contributed by atoms with E-state index in [1.54, 1.807) is 6.21 Å². The Kier molecular flexibility index (Phi) is 6.80. The van der Waals surface area contributed by atoms with Gasteiger partial charge in [0.2, 0.25) is 0 Å². The minimum Gasteiger partial charge on any atom is -0.335 e. The maximum atomic E-state index is 11.9. The van der Waals surface area contributed by atoms with Crippen LogP contribution in [0.4, 0.5) is 0 Å². The molecule has 7 heteroatoms. The second kappa shape index (κ2) is 8.86. The minimum atomic E-state index is -0.742. The predicted octanol–water partition coefficient (Wildman–Crippen LogP) is 3.37. The number of nitrogens with one attached hydrogen (secondary N) is 1. The average Bonchev–Trinajstić information content (AvgIpc) is 2.92. The highest BCUT2D eigenvalue weighted by Crippen LogP contribution is 2.24. The smallest absolute Gasteiger partial charge is 0.329 e. The summed E-state index contributed by atoms with van der Waals surface area (Å²) in [4.78, 5) is 25.3. The molecule has 0 aliphatic carbocycles. The summed E-state index contributed by atoms with van der Waals surface area (Å²) in [5.41, 5.74) is 7.10. The molecule has 1 aromatic heterocycles. The number of carbonyl (C=O) groups is 2. The summed E-state index contributed by atoms with van der Waals surface area (Å²) in [5.74, 6) is -1.33. The van der Waals surface area contributed by atoms with E-state index in [2.05, 4.69) is 15.1 Å². The molecule has 2 rings (SSSR count). The molecule has 0 fully saturated rings. The molecule has 6 nitrogen and oxygen atoms in total. The van der Waals surface area contributed by atoms with Crippen LogP contribution in [0.15, 0.2) is 29.4 Å². The highest BCUT2D eigenvalue weighted by atomic mass is 35.5. The van der Waals surface area contributed by atoms with E-state index in [1.807, 2.05) is 58.9 Å². The lowest BCUT2D eigenvalue weighted by Crippen LogP contribution is -2.41. The van der Waals surface area contributed by atoms with Crippen LogP contribution in [0.25, 0.3) is 5.69 Å². The Balaban J connectivity index is 2.19. The van der Waals surface area contributed by atoms with Gasteiger partial charge in [-0.1, -0.05) is 17.7 Å². The third kappa shape index (κ3) is 4.57. The molecular weight excluding hydrogens is 364 g/mol. The largest absolute Gasteiger partial charge is 0.335 e. The number of benzene rings is 1. The van der Waals surface area contributed by atoms with Crippen LogP contribution in [0.5, 0.6) is 0 Å². The fourth-order valence-electron chi connectivity index (χ4n) is 2.90. The fraction of sp³-hybridized carbons (Fsp3) is 0.350. The molecule has 0 aliphatic heterocycles. The molecule has 1 N–H and O–H groups in total. The molecule has 0 saturated carbocycles. The molecule has 1 aromatic carbocycles. The molecule has 0 radical (unpaired) electrons. The van der Waals surface area contributed by atoms with Crippen molar-refractivity contribution in [1.82, 2.24) is 14.9 Å². The first-order chi connectivity index (χ1) is 12.8. The van der Waals surface area contributed by atoms with E-state index in [-0.39, 0.29) is 0 Å². The van der Waals surface area contributed by atoms with Crippen molar-refractivity contribution in [3.63, 3.8) is 0 Å². The zero-order chi connectivity index (χ0) is 20.1. The summed E-state index contributed by atoms with van der Waals surface area (Å²) < 4.78 is 2.07. The molecule has 2 amide bonds. The SMILES string of the molecule is CCN(CC)C(=O)C(=O)N/N=C\c1cc(C)n(-c2ccc(C)c(Cl)c2)c1C. The molecule has 0 aliphatic rings. The molecule has 2 aromatic rings. The Bertz CT molecular complexity index is 882. The Morgan fingerprint density at radius 1 is 1.19 bits per heavy atom. The van der Waals surface area contributed by atoms with Crippen molar-refractivity contribution in [2.45, 2.75) is 34.6 Å². The van der Waals surface area contributed by atoms with E-state index in [0.717, 1.165) is 28.2 Å². The van der Waals surface area contributed by atoms with Gasteiger partial charge in [-0.25, -0.2) is 5.43 Å². The molecule has 0 bridgehead atoms. The van der Waals surface area contributed by atoms with E-state index in [9.17, 15) is 9.59 Å². The van der Waals surface area contributed by atoms with Gasteiger partial charge >= 0.3 is 11.8 Å². The van der Waals surface area contributed by atoms with Crippen LogP contribution in [0.2, 0.25) is 5.02 Å². The average molecular weight is 389 g/mol. The summed E-state index contributed by atoms with van der Waals surface area (Å²) in [6.45, 7) is 10.5. The van der Waals surface area contributed by atoms with Gasteiger partial charge in [0, 0.05) is 40.8 Å². The lowest BCUT2D eigenvalue weighted by Gasteiger charge is -2.16. The first kappa shape index (κ1) is 20.7. The van der Waals surface area contributed by atoms with Crippen molar-refractivity contribution in [1.29, 1.82) is 0 Å². The molecule has 0 unspecified atom stereocenters. The van der Waals surface area contributed by atoms with Crippen molar-refractivity contribution < 1.29 is 9.59 Å². The van der Waals surface area contributed by atoms with Crippen LogP contribution in [0.1, 0.15) is 36.4 Å². The standard InChI is InChI=1S/C20H25ClN4O2/c1-6-24(7-2)20(27)19(26)23-22-12-16-10-14(4)25(15(16)5)17-9-8-13(3)18(21)11-17/h8-12H,6-7H2,1-5H3,(H,23,26)/b22-12-. The number of rotatable bonds is 5. The van der Waals surface area contributed by atoms with Gasteiger partial charge in [0.15, 0.2) is 0 Å². The van der Waals surface area contributed by atoms with Gasteiger partial charge in [-0.05, 0) is 58.4 Å². The highest BCUT2D eigenvalue weighted by molar-refractivity contribution is 6.35. The van der Waals surface area contributed by atoms with Crippen LogP contribution >= 0.6 is 11.6 Å². The third-order valence-corrected chi connectivity index (χ3v) is 4.91. The van der Waals surface area contributed by atoms with E-state index in [4.69, 9.17) is 11.6 Å². The van der Waals surface area contributed by atoms with Gasteiger partial charge < -0.3 is 9.47 Å². The summed E-state index contributed by atoms with van der Waals surface area (Å²) in [6.07, 6.45) is 1.54. The Hall–Kier alpha value is -2.60. The first-order valence-electron chi connectivity index (χ1n) is 8.87. The van der Waals surface area contributed by atoms with E-state index < -0.39 is 11.8 Å². The molecule has 27 heavy (non-hydrogen) atoms. The van der Waals surface area contributed by atoms with Gasteiger partial charge in [-0.3, -0.25) is 9.59 Å². The Labute approximate surface area is 164 Å². The number of hydrogen-bond donors (Lipinski definition) is 1. The molecule has 144 valence electrons. The summed E-state index contributed by atoms with van der Waals surface area (Å²) in [5, 5.41) is 4.65. The number of nitrogens with zero attached hydrogens (tertiary/aromatic N) is 3. The number of carbonyl (C=O) groups excluding carboxylic acids is 2. The van der Waals surface area contributed by atoms with E-state index >= 15 is 0 Å². The molecule has 0 atom stereocenters. The second-order valence-corrected chi connectivity index (χ2v) is 6.68. The number of amides is 2. The number of hydrazone groups is 1. The topological polar surface area (TPSA) is 66.7 Å². The number of hydrogen-bond acceptors (Lipinski definition) is 3. The number of likely N-dealkylation sites (N-methyl/N-ethyl adjacent to an activating group) is 1. The van der Waals surface area contributed by atoms with Crippen molar-refractivity contribution in [2.75, 3.05) is 13.1 Å². The van der Waals surface area contributed by atoms with Crippen molar-refractivity contribution in [3.8, 4) is 5.69 Å². The molecule has 1 heterocycles. The van der Waals surface area contributed by atoms with Crippen molar-refractivity contribution >= 4 is 29.6 Å².